The molecule has 0 atom stereocenters. The van der Waals surface area contributed by atoms with Crippen LogP contribution in [-0.4, -0.2) is 27.0 Å². The van der Waals surface area contributed by atoms with Crippen LogP contribution >= 0.6 is 0 Å². The van der Waals surface area contributed by atoms with E-state index < -0.39 is 5.97 Å². The van der Waals surface area contributed by atoms with Crippen LogP contribution in [0.2, 0.25) is 0 Å². The first kappa shape index (κ1) is 30.6. The van der Waals surface area contributed by atoms with Crippen LogP contribution in [0.4, 0.5) is 11.4 Å². The standard InChI is InChI=1S/C36H41N3O3/c1-3-5-7-9-13-27-19-23-29(24-20-27)39(30-25-21-28(22-26-30)14-10-8-6-4-2)35(40)33-17-11-15-31(37-33)32-16-12-18-34(38-32)36(41)42/h11-12,15-26H,3-10,13-14H2,1-2H3,(H,41,42). The molecule has 2 heterocycles. The zero-order valence-electron chi connectivity index (χ0n) is 24.8. The number of carboxylic acids is 1. The summed E-state index contributed by atoms with van der Waals surface area (Å²) in [6.07, 6.45) is 11.7. The number of benzene rings is 2. The van der Waals surface area contributed by atoms with Crippen molar-refractivity contribution in [3.63, 3.8) is 0 Å². The van der Waals surface area contributed by atoms with Crippen molar-refractivity contribution in [2.75, 3.05) is 4.90 Å². The Balaban J connectivity index is 1.63. The van der Waals surface area contributed by atoms with E-state index >= 15 is 0 Å². The first-order valence-electron chi connectivity index (χ1n) is 15.2. The molecule has 0 aliphatic carbocycles. The molecular weight excluding hydrogens is 522 g/mol. The molecule has 6 heteroatoms. The molecule has 0 radical (unpaired) electrons. The number of anilines is 2. The van der Waals surface area contributed by atoms with Crippen LogP contribution in [0.1, 0.15) is 97.3 Å². The van der Waals surface area contributed by atoms with Crippen LogP contribution < -0.4 is 4.90 Å². The summed E-state index contributed by atoms with van der Waals surface area (Å²) in [5.74, 6) is -1.38. The second-order valence-electron chi connectivity index (χ2n) is 10.7. The Morgan fingerprint density at radius 2 is 1.05 bits per heavy atom. The monoisotopic (exact) mass is 563 g/mol. The van der Waals surface area contributed by atoms with Crippen LogP contribution in [0, 0.1) is 0 Å². The van der Waals surface area contributed by atoms with Crippen molar-refractivity contribution in [3.05, 3.63) is 107 Å². The summed E-state index contributed by atoms with van der Waals surface area (Å²) in [4.78, 5) is 36.1. The van der Waals surface area contributed by atoms with E-state index in [9.17, 15) is 14.7 Å². The molecular formula is C36H41N3O3. The maximum absolute atomic E-state index is 14.1. The molecule has 1 N–H and O–H groups in total. The quantitative estimate of drug-likeness (QED) is 0.146. The minimum atomic E-state index is -1.11. The van der Waals surface area contributed by atoms with E-state index in [4.69, 9.17) is 0 Å². The van der Waals surface area contributed by atoms with Gasteiger partial charge in [0.25, 0.3) is 5.91 Å². The third kappa shape index (κ3) is 8.35. The van der Waals surface area contributed by atoms with Gasteiger partial charge in [0.05, 0.1) is 11.4 Å². The van der Waals surface area contributed by atoms with Gasteiger partial charge in [-0.1, -0.05) is 88.8 Å². The number of carboxylic acid groups (broad SMARTS) is 1. The van der Waals surface area contributed by atoms with Gasteiger partial charge in [0.1, 0.15) is 11.4 Å². The van der Waals surface area contributed by atoms with Gasteiger partial charge in [-0.25, -0.2) is 14.8 Å². The number of rotatable bonds is 15. The van der Waals surface area contributed by atoms with Crippen LogP contribution in [0.15, 0.2) is 84.9 Å². The SMILES string of the molecule is CCCCCCc1ccc(N(C(=O)c2cccc(-c3cccc(C(=O)O)n3)n2)c2ccc(CCCCCC)cc2)cc1. The first-order chi connectivity index (χ1) is 20.5. The van der Waals surface area contributed by atoms with Crippen LogP contribution in [0.25, 0.3) is 11.4 Å². The summed E-state index contributed by atoms with van der Waals surface area (Å²) in [7, 11) is 0. The molecule has 6 nitrogen and oxygen atoms in total. The average Bonchev–Trinajstić information content (AvgIpc) is 3.03. The lowest BCUT2D eigenvalue weighted by molar-refractivity contribution is 0.0690. The molecule has 218 valence electrons. The molecule has 0 fully saturated rings. The molecule has 2 aromatic heterocycles. The second kappa shape index (κ2) is 15.6. The molecule has 0 saturated heterocycles. The summed E-state index contributed by atoms with van der Waals surface area (Å²) >= 11 is 0. The minimum Gasteiger partial charge on any atom is -0.477 e. The van der Waals surface area contributed by atoms with Crippen LogP contribution in [-0.2, 0) is 12.8 Å². The number of pyridine rings is 2. The van der Waals surface area contributed by atoms with Gasteiger partial charge in [-0.2, -0.15) is 0 Å². The molecule has 0 unspecified atom stereocenters. The van der Waals surface area contributed by atoms with E-state index in [1.54, 1.807) is 35.2 Å². The van der Waals surface area contributed by atoms with Gasteiger partial charge in [-0.15, -0.1) is 0 Å². The number of carbonyl (C=O) groups is 2. The van der Waals surface area contributed by atoms with Crippen LogP contribution in [0.3, 0.4) is 0 Å². The van der Waals surface area contributed by atoms with E-state index in [1.165, 1.54) is 55.7 Å². The Kier molecular flexibility index (Phi) is 11.4. The number of unbranched alkanes of at least 4 members (excludes halogenated alkanes) is 6. The number of aromatic nitrogens is 2. The molecule has 0 aliphatic rings. The fourth-order valence-corrected chi connectivity index (χ4v) is 5.03. The number of hydrogen-bond acceptors (Lipinski definition) is 4. The third-order valence-electron chi connectivity index (χ3n) is 7.43. The number of aromatic carboxylic acids is 1. The van der Waals surface area contributed by atoms with E-state index in [2.05, 4.69) is 48.1 Å². The zero-order chi connectivity index (χ0) is 29.7. The van der Waals surface area contributed by atoms with E-state index in [0.717, 1.165) is 37.1 Å². The lowest BCUT2D eigenvalue weighted by Gasteiger charge is -2.23. The van der Waals surface area contributed by atoms with Crippen molar-refractivity contribution in [2.45, 2.75) is 78.1 Å². The van der Waals surface area contributed by atoms with Gasteiger partial charge >= 0.3 is 5.97 Å². The predicted molar refractivity (Wildman–Crippen MR) is 169 cm³/mol. The average molecular weight is 564 g/mol. The van der Waals surface area contributed by atoms with Gasteiger partial charge < -0.3 is 5.11 Å². The van der Waals surface area contributed by atoms with Gasteiger partial charge in [0.15, 0.2) is 0 Å². The van der Waals surface area contributed by atoms with Crippen molar-refractivity contribution >= 4 is 23.3 Å². The Morgan fingerprint density at radius 1 is 0.595 bits per heavy atom. The highest BCUT2D eigenvalue weighted by atomic mass is 16.4. The first-order valence-corrected chi connectivity index (χ1v) is 15.2. The Bertz CT molecular complexity index is 1390. The molecule has 42 heavy (non-hydrogen) atoms. The van der Waals surface area contributed by atoms with Crippen molar-refractivity contribution in [3.8, 4) is 11.4 Å². The van der Waals surface area contributed by atoms with Crippen LogP contribution in [0.5, 0.6) is 0 Å². The molecule has 0 aliphatic heterocycles. The van der Waals surface area contributed by atoms with Crippen molar-refractivity contribution in [2.24, 2.45) is 0 Å². The molecule has 0 saturated carbocycles. The number of hydrogen-bond donors (Lipinski definition) is 1. The number of amides is 1. The molecule has 4 aromatic rings. The second-order valence-corrected chi connectivity index (χ2v) is 10.7. The Labute approximate surface area is 249 Å². The number of carbonyl (C=O) groups excluding carboxylic acids is 1. The lowest BCUT2D eigenvalue weighted by Crippen LogP contribution is -2.27. The Morgan fingerprint density at radius 3 is 1.50 bits per heavy atom. The molecule has 4 rings (SSSR count). The third-order valence-corrected chi connectivity index (χ3v) is 7.43. The minimum absolute atomic E-state index is 0.0720. The van der Waals surface area contributed by atoms with E-state index in [1.807, 2.05) is 24.3 Å². The smallest absolute Gasteiger partial charge is 0.354 e. The normalized spacial score (nSPS) is 10.9. The van der Waals surface area contributed by atoms with Crippen molar-refractivity contribution < 1.29 is 14.7 Å². The highest BCUT2D eigenvalue weighted by Crippen LogP contribution is 2.29. The van der Waals surface area contributed by atoms with Gasteiger partial charge in [-0.3, -0.25) is 9.69 Å². The van der Waals surface area contributed by atoms with E-state index in [0.29, 0.717) is 11.4 Å². The molecule has 0 bridgehead atoms. The summed E-state index contributed by atoms with van der Waals surface area (Å²) in [6, 6.07) is 26.4. The summed E-state index contributed by atoms with van der Waals surface area (Å²) < 4.78 is 0. The van der Waals surface area contributed by atoms with Gasteiger partial charge in [0.2, 0.25) is 0 Å². The zero-order valence-corrected chi connectivity index (χ0v) is 24.8. The predicted octanol–water partition coefficient (Wildman–Crippen LogP) is 9.07. The van der Waals surface area contributed by atoms with Gasteiger partial charge in [-0.05, 0) is 85.3 Å². The summed E-state index contributed by atoms with van der Waals surface area (Å²) in [5, 5.41) is 9.36. The van der Waals surface area contributed by atoms with Gasteiger partial charge in [0, 0.05) is 11.4 Å². The number of aryl methyl sites for hydroxylation is 2. The van der Waals surface area contributed by atoms with Crippen molar-refractivity contribution in [1.29, 1.82) is 0 Å². The summed E-state index contributed by atoms with van der Waals surface area (Å²) in [6.45, 7) is 4.43. The molecule has 0 spiro atoms. The fraction of sp³-hybridized carbons (Fsp3) is 0.333. The largest absolute Gasteiger partial charge is 0.477 e. The molecule has 1 amide bonds. The topological polar surface area (TPSA) is 83.4 Å². The number of nitrogens with zero attached hydrogens (tertiary/aromatic N) is 3. The molecule has 2 aromatic carbocycles. The van der Waals surface area contributed by atoms with E-state index in [-0.39, 0.29) is 17.3 Å². The highest BCUT2D eigenvalue weighted by Gasteiger charge is 2.22. The maximum atomic E-state index is 14.1. The van der Waals surface area contributed by atoms with Crippen molar-refractivity contribution in [1.82, 2.24) is 9.97 Å². The summed E-state index contributed by atoms with van der Waals surface area (Å²) in [5.41, 5.74) is 5.07. The highest BCUT2D eigenvalue weighted by molar-refractivity contribution is 6.10. The fourth-order valence-electron chi connectivity index (χ4n) is 5.03. The maximum Gasteiger partial charge on any atom is 0.354 e. The Hall–Kier alpha value is -4.32. The lowest BCUT2D eigenvalue weighted by atomic mass is 10.0.